The maximum atomic E-state index is 12.9. The lowest BCUT2D eigenvalue weighted by atomic mass is 10.1. The van der Waals surface area contributed by atoms with Gasteiger partial charge in [0.05, 0.1) is 19.9 Å². The highest BCUT2D eigenvalue weighted by Crippen LogP contribution is 2.20. The van der Waals surface area contributed by atoms with Gasteiger partial charge in [-0.1, -0.05) is 29.8 Å². The third-order valence-electron chi connectivity index (χ3n) is 3.44. The summed E-state index contributed by atoms with van der Waals surface area (Å²) in [4.78, 5) is 40.7. The average molecular weight is 351 g/mol. The minimum atomic E-state index is -1.61. The minimum absolute atomic E-state index is 0.00809. The van der Waals surface area contributed by atoms with Gasteiger partial charge in [0.2, 0.25) is 5.92 Å². The predicted octanol–water partition coefficient (Wildman–Crippen LogP) is 1.62. The van der Waals surface area contributed by atoms with E-state index in [9.17, 15) is 14.4 Å². The van der Waals surface area contributed by atoms with E-state index in [0.717, 1.165) is 14.2 Å². The van der Waals surface area contributed by atoms with Gasteiger partial charge in [0.15, 0.2) is 0 Å². The Kier molecular flexibility index (Phi) is 5.35. The molecular formula is C16H15ClN2O5. The molecule has 126 valence electrons. The van der Waals surface area contributed by atoms with Crippen LogP contribution in [0.25, 0.3) is 5.69 Å². The SMILES string of the molecule is COC(=O)C(C(=O)OC)c1nc(Cl)c(C)n(-c2ccccc2)c1=O. The molecule has 0 saturated carbocycles. The molecule has 2 rings (SSSR count). The standard InChI is InChI=1S/C16H15ClN2O5/c1-9-13(17)18-12(11(15(21)23-2)16(22)24-3)14(20)19(9)10-7-5-4-6-8-10/h4-8,11H,1-3H3. The van der Waals surface area contributed by atoms with E-state index in [4.69, 9.17) is 11.6 Å². The number of hydrogen-bond donors (Lipinski definition) is 0. The fraction of sp³-hybridized carbons (Fsp3) is 0.250. The zero-order valence-corrected chi connectivity index (χ0v) is 14.0. The number of ether oxygens (including phenoxy) is 2. The minimum Gasteiger partial charge on any atom is -0.468 e. The van der Waals surface area contributed by atoms with Crippen molar-refractivity contribution in [3.63, 3.8) is 0 Å². The predicted molar refractivity (Wildman–Crippen MR) is 86.4 cm³/mol. The Balaban J connectivity index is 2.77. The molecule has 0 spiro atoms. The molecule has 1 aromatic heterocycles. The second-order valence-electron chi connectivity index (χ2n) is 4.83. The van der Waals surface area contributed by atoms with Gasteiger partial charge in [0.25, 0.3) is 5.56 Å². The Hall–Kier alpha value is -2.67. The van der Waals surface area contributed by atoms with Crippen molar-refractivity contribution in [1.29, 1.82) is 0 Å². The first-order valence-corrected chi connectivity index (χ1v) is 7.30. The number of hydrogen-bond acceptors (Lipinski definition) is 6. The molecule has 0 bridgehead atoms. The molecular weight excluding hydrogens is 336 g/mol. The maximum Gasteiger partial charge on any atom is 0.326 e. The van der Waals surface area contributed by atoms with E-state index in [-0.39, 0.29) is 10.8 Å². The van der Waals surface area contributed by atoms with Gasteiger partial charge in [-0.3, -0.25) is 19.0 Å². The van der Waals surface area contributed by atoms with Crippen molar-refractivity contribution in [1.82, 2.24) is 9.55 Å². The van der Waals surface area contributed by atoms with Crippen LogP contribution in [0.4, 0.5) is 0 Å². The van der Waals surface area contributed by atoms with Crippen molar-refractivity contribution in [3.05, 3.63) is 57.2 Å². The van der Waals surface area contributed by atoms with Crippen molar-refractivity contribution in [3.8, 4) is 5.69 Å². The Morgan fingerprint density at radius 3 is 2.17 bits per heavy atom. The molecule has 2 aromatic rings. The van der Waals surface area contributed by atoms with Gasteiger partial charge in [-0.2, -0.15) is 0 Å². The lowest BCUT2D eigenvalue weighted by Crippen LogP contribution is -2.35. The van der Waals surface area contributed by atoms with Gasteiger partial charge in [-0.25, -0.2) is 4.98 Å². The lowest BCUT2D eigenvalue weighted by molar-refractivity contribution is -0.154. The molecule has 1 aromatic carbocycles. The zero-order chi connectivity index (χ0) is 17.9. The third kappa shape index (κ3) is 3.16. The number of halogens is 1. The number of nitrogens with zero attached hydrogens (tertiary/aromatic N) is 2. The van der Waals surface area contributed by atoms with Crippen molar-refractivity contribution in [2.24, 2.45) is 0 Å². The summed E-state index contributed by atoms with van der Waals surface area (Å²) in [6.45, 7) is 1.61. The van der Waals surface area contributed by atoms with E-state index in [1.807, 2.05) is 0 Å². The van der Waals surface area contributed by atoms with Crippen molar-refractivity contribution >= 4 is 23.5 Å². The number of carbonyl (C=O) groups excluding carboxylic acids is 2. The summed E-state index contributed by atoms with van der Waals surface area (Å²) in [5.41, 5.74) is -0.0961. The highest BCUT2D eigenvalue weighted by molar-refractivity contribution is 6.30. The first-order chi connectivity index (χ1) is 11.4. The highest BCUT2D eigenvalue weighted by atomic mass is 35.5. The van der Waals surface area contributed by atoms with Gasteiger partial charge in [0, 0.05) is 5.69 Å². The van der Waals surface area contributed by atoms with Gasteiger partial charge in [-0.05, 0) is 19.1 Å². The quantitative estimate of drug-likeness (QED) is 0.615. The fourth-order valence-corrected chi connectivity index (χ4v) is 2.40. The molecule has 0 atom stereocenters. The summed E-state index contributed by atoms with van der Waals surface area (Å²) in [6.07, 6.45) is 0. The second-order valence-corrected chi connectivity index (χ2v) is 5.19. The van der Waals surface area contributed by atoms with E-state index in [1.54, 1.807) is 37.3 Å². The monoisotopic (exact) mass is 350 g/mol. The summed E-state index contributed by atoms with van der Waals surface area (Å²) in [5.74, 6) is -3.52. The molecule has 0 fully saturated rings. The van der Waals surface area contributed by atoms with E-state index in [0.29, 0.717) is 11.4 Å². The molecule has 1 heterocycles. The largest absolute Gasteiger partial charge is 0.468 e. The molecule has 0 saturated heterocycles. The molecule has 0 aliphatic heterocycles. The van der Waals surface area contributed by atoms with Crippen LogP contribution in [-0.2, 0) is 19.1 Å². The summed E-state index contributed by atoms with van der Waals surface area (Å²) < 4.78 is 10.5. The third-order valence-corrected chi connectivity index (χ3v) is 3.79. The van der Waals surface area contributed by atoms with Crippen LogP contribution in [0.1, 0.15) is 17.3 Å². The van der Waals surface area contributed by atoms with Crippen LogP contribution in [0.15, 0.2) is 35.1 Å². The maximum absolute atomic E-state index is 12.9. The molecule has 24 heavy (non-hydrogen) atoms. The molecule has 8 heteroatoms. The van der Waals surface area contributed by atoms with E-state index >= 15 is 0 Å². The van der Waals surface area contributed by atoms with E-state index < -0.39 is 23.4 Å². The zero-order valence-electron chi connectivity index (χ0n) is 13.3. The number of rotatable bonds is 4. The molecule has 0 radical (unpaired) electrons. The number of aromatic nitrogens is 2. The number of esters is 2. The van der Waals surface area contributed by atoms with Gasteiger partial charge < -0.3 is 9.47 Å². The number of para-hydroxylation sites is 1. The molecule has 0 unspecified atom stereocenters. The Morgan fingerprint density at radius 1 is 1.12 bits per heavy atom. The average Bonchev–Trinajstić information content (AvgIpc) is 2.60. The fourth-order valence-electron chi connectivity index (χ4n) is 2.22. The molecule has 7 nitrogen and oxygen atoms in total. The van der Waals surface area contributed by atoms with Crippen LogP contribution in [0, 0.1) is 6.92 Å². The van der Waals surface area contributed by atoms with Crippen molar-refractivity contribution in [2.75, 3.05) is 14.2 Å². The summed E-state index contributed by atoms with van der Waals surface area (Å²) in [6, 6.07) is 8.67. The van der Waals surface area contributed by atoms with Gasteiger partial charge >= 0.3 is 11.9 Å². The lowest BCUT2D eigenvalue weighted by Gasteiger charge is -2.16. The Bertz CT molecular complexity index is 816. The van der Waals surface area contributed by atoms with Crippen LogP contribution in [0.5, 0.6) is 0 Å². The first-order valence-electron chi connectivity index (χ1n) is 6.92. The Morgan fingerprint density at radius 2 is 1.67 bits per heavy atom. The van der Waals surface area contributed by atoms with Crippen molar-refractivity contribution in [2.45, 2.75) is 12.8 Å². The number of methoxy groups -OCH3 is 2. The molecule has 0 aliphatic rings. The van der Waals surface area contributed by atoms with Crippen LogP contribution >= 0.6 is 11.6 Å². The van der Waals surface area contributed by atoms with E-state index in [1.165, 1.54) is 4.57 Å². The second kappa shape index (κ2) is 7.27. The van der Waals surface area contributed by atoms with Crippen molar-refractivity contribution < 1.29 is 19.1 Å². The van der Waals surface area contributed by atoms with Gasteiger partial charge in [0.1, 0.15) is 10.8 Å². The number of benzene rings is 1. The molecule has 0 amide bonds. The van der Waals surface area contributed by atoms with Crippen LogP contribution in [-0.4, -0.2) is 35.7 Å². The normalized spacial score (nSPS) is 10.5. The molecule has 0 N–H and O–H groups in total. The van der Waals surface area contributed by atoms with E-state index in [2.05, 4.69) is 14.5 Å². The smallest absolute Gasteiger partial charge is 0.326 e. The number of carbonyl (C=O) groups is 2. The van der Waals surface area contributed by atoms with Crippen LogP contribution in [0.2, 0.25) is 5.15 Å². The summed E-state index contributed by atoms with van der Waals surface area (Å²) in [5, 5.41) is -0.00809. The summed E-state index contributed by atoms with van der Waals surface area (Å²) in [7, 11) is 2.20. The van der Waals surface area contributed by atoms with Crippen LogP contribution in [0.3, 0.4) is 0 Å². The highest BCUT2D eigenvalue weighted by Gasteiger charge is 2.36. The topological polar surface area (TPSA) is 87.5 Å². The summed E-state index contributed by atoms with van der Waals surface area (Å²) >= 11 is 6.11. The first kappa shape index (κ1) is 17.7. The van der Waals surface area contributed by atoms with Gasteiger partial charge in [-0.15, -0.1) is 0 Å². The van der Waals surface area contributed by atoms with Crippen LogP contribution < -0.4 is 5.56 Å². The Labute approximate surface area is 142 Å². The molecule has 0 aliphatic carbocycles.